The summed E-state index contributed by atoms with van der Waals surface area (Å²) in [6.45, 7) is 8.83. The Morgan fingerprint density at radius 1 is 0.432 bits per heavy atom. The minimum absolute atomic E-state index is 0.0485. The number of hydrogen-bond donors (Lipinski definition) is 16. The van der Waals surface area contributed by atoms with Crippen molar-refractivity contribution in [2.24, 2.45) is 35.0 Å². The summed E-state index contributed by atoms with van der Waals surface area (Å²) < 4.78 is 0. The lowest BCUT2D eigenvalue weighted by molar-refractivity contribution is -0.143. The van der Waals surface area contributed by atoms with E-state index in [0.29, 0.717) is 0 Å². The average molecular weight is 1060 g/mol. The van der Waals surface area contributed by atoms with Crippen molar-refractivity contribution in [3.05, 3.63) is 0 Å². The van der Waals surface area contributed by atoms with Crippen LogP contribution in [0.1, 0.15) is 106 Å². The summed E-state index contributed by atoms with van der Waals surface area (Å²) in [7, 11) is 0. The summed E-state index contributed by atoms with van der Waals surface area (Å²) in [4.78, 5) is 176. The lowest BCUT2D eigenvalue weighted by atomic mass is 9.98. The Bertz CT molecular complexity index is 2040. The number of primary amides is 2. The van der Waals surface area contributed by atoms with Gasteiger partial charge in [0, 0.05) is 25.7 Å². The highest BCUT2D eigenvalue weighted by Crippen LogP contribution is 2.12. The van der Waals surface area contributed by atoms with E-state index in [1.807, 2.05) is 0 Å². The number of aliphatic carboxylic acids is 3. The number of nitrogens with two attached hydrogens (primary N) is 3. The molecule has 0 aliphatic rings. The molecule has 0 saturated carbocycles. The number of amides is 11. The summed E-state index contributed by atoms with van der Waals surface area (Å²) >= 11 is 0. The number of rotatable bonds is 36. The van der Waals surface area contributed by atoms with Crippen LogP contribution in [0, 0.1) is 17.8 Å². The average Bonchev–Trinajstić information content (AvgIpc) is 3.29. The molecule has 0 spiro atoms. The molecule has 0 radical (unpaired) electrons. The maximum absolute atomic E-state index is 14.0. The van der Waals surface area contributed by atoms with E-state index in [9.17, 15) is 77.3 Å². The van der Waals surface area contributed by atoms with E-state index in [1.54, 1.807) is 27.7 Å². The minimum Gasteiger partial charge on any atom is -0.481 e. The zero-order valence-corrected chi connectivity index (χ0v) is 42.4. The molecule has 19 N–H and O–H groups in total. The van der Waals surface area contributed by atoms with Gasteiger partial charge in [-0.1, -0.05) is 41.5 Å². The Morgan fingerprint density at radius 3 is 1.23 bits per heavy atom. The molecular weight excluding hydrogens is 985 g/mol. The fourth-order valence-electron chi connectivity index (χ4n) is 6.54. The van der Waals surface area contributed by atoms with E-state index in [0.717, 1.165) is 0 Å². The van der Waals surface area contributed by atoms with E-state index in [4.69, 9.17) is 27.4 Å². The molecule has 0 rings (SSSR count). The van der Waals surface area contributed by atoms with Crippen LogP contribution < -0.4 is 65.1 Å². The van der Waals surface area contributed by atoms with E-state index in [1.165, 1.54) is 20.8 Å². The van der Waals surface area contributed by atoms with Gasteiger partial charge in [-0.2, -0.15) is 0 Å². The van der Waals surface area contributed by atoms with Gasteiger partial charge in [0.1, 0.15) is 48.3 Å². The van der Waals surface area contributed by atoms with Crippen LogP contribution in [0.15, 0.2) is 0 Å². The van der Waals surface area contributed by atoms with Crippen LogP contribution in [0.25, 0.3) is 0 Å². The molecule has 0 saturated heterocycles. The quantitative estimate of drug-likeness (QED) is 0.0278. The van der Waals surface area contributed by atoms with Crippen LogP contribution in [-0.4, -0.2) is 171 Å². The first-order valence-corrected chi connectivity index (χ1v) is 23.6. The Kier molecular flexibility index (Phi) is 29.9. The molecule has 30 heteroatoms. The minimum atomic E-state index is -1.78. The maximum atomic E-state index is 14.0. The molecule has 0 aromatic carbocycles. The van der Waals surface area contributed by atoms with Crippen molar-refractivity contribution >= 4 is 82.9 Å². The van der Waals surface area contributed by atoms with Crippen molar-refractivity contribution in [3.8, 4) is 0 Å². The summed E-state index contributed by atoms with van der Waals surface area (Å²) in [5.41, 5.74) is 16.4. The molecule has 0 aliphatic carbocycles. The van der Waals surface area contributed by atoms with Crippen molar-refractivity contribution in [2.75, 3.05) is 13.2 Å². The smallest absolute Gasteiger partial charge is 0.326 e. The lowest BCUT2D eigenvalue weighted by Gasteiger charge is -2.29. The first kappa shape index (κ1) is 66.5. The van der Waals surface area contributed by atoms with Crippen molar-refractivity contribution in [1.82, 2.24) is 47.9 Å². The number of aliphatic hydroxyl groups excluding tert-OH is 1. The fraction of sp³-hybridized carbons (Fsp3) is 0.682. The van der Waals surface area contributed by atoms with Gasteiger partial charge in [-0.3, -0.25) is 62.3 Å². The number of carboxylic acid groups (broad SMARTS) is 3. The Morgan fingerprint density at radius 2 is 0.824 bits per heavy atom. The highest BCUT2D eigenvalue weighted by atomic mass is 16.4. The van der Waals surface area contributed by atoms with Gasteiger partial charge in [-0.05, 0) is 56.8 Å². The topological polar surface area (TPSA) is 506 Å². The standard InChI is InChI=1S/C44H74N12O18/c1-19(2)16-27(53-39(68)24(9-12-29(46)58)50-42(71)34(20(3)4)55-37(66)23(45)8-14-32(61)62)41(70)56-35(21(5)6)43(72)51-25(10-13-30(47)59)40(69)54-28(18-57)38(67)48-17-31(60)49-22(7)36(65)52-26(44(73)74)11-15-33(63)64/h19-28,34-35,57H,8-18,45H2,1-7H3,(H2,46,58)(H2,47,59)(H,48,67)(H,49,60)(H,50,71)(H,51,72)(H,52,65)(H,53,68)(H,54,69)(H,55,66)(H,56,70)(H,61,62)(H,63,64)(H,73,74)/t22-,23-,24-,25-,26-,27-,28-,34-,35-/m0/s1. The van der Waals surface area contributed by atoms with Gasteiger partial charge in [-0.25, -0.2) is 4.79 Å². The number of hydrogen-bond acceptors (Lipinski definition) is 16. The predicted octanol–water partition coefficient (Wildman–Crippen LogP) is -5.98. The zero-order valence-electron chi connectivity index (χ0n) is 42.4. The molecule has 0 bridgehead atoms. The van der Waals surface area contributed by atoms with Crippen LogP contribution in [0.2, 0.25) is 0 Å². The summed E-state index contributed by atoms with van der Waals surface area (Å²) in [5.74, 6) is -16.3. The fourth-order valence-corrected chi connectivity index (χ4v) is 6.54. The van der Waals surface area contributed by atoms with Crippen LogP contribution in [0.4, 0.5) is 0 Å². The summed E-state index contributed by atoms with van der Waals surface area (Å²) in [5, 5.41) is 57.9. The Balaban J connectivity index is 6.22. The van der Waals surface area contributed by atoms with E-state index in [-0.39, 0.29) is 25.2 Å². The molecule has 0 aromatic heterocycles. The lowest BCUT2D eigenvalue weighted by Crippen LogP contribution is -2.61. The third-order valence-electron chi connectivity index (χ3n) is 10.7. The van der Waals surface area contributed by atoms with Crippen LogP contribution >= 0.6 is 0 Å². The molecule has 0 heterocycles. The molecular formula is C44H74N12O18. The van der Waals surface area contributed by atoms with Crippen molar-refractivity contribution < 1.29 is 87.5 Å². The summed E-state index contributed by atoms with van der Waals surface area (Å²) in [6, 6.07) is -13.4. The molecule has 0 aliphatic heterocycles. The third-order valence-corrected chi connectivity index (χ3v) is 10.7. The Labute approximate surface area is 426 Å². The Hall–Kier alpha value is -7.50. The number of carbonyl (C=O) groups excluding carboxylic acids is 11. The SMILES string of the molecule is CC(C)C[C@H](NC(=O)[C@H](CCC(N)=O)NC(=O)[C@@H](NC(=O)[C@@H](N)CCC(=O)O)C(C)C)C(=O)N[C@H](C(=O)N[C@@H](CCC(N)=O)C(=O)N[C@@H](CO)C(=O)NCC(=O)N[C@@H](C)C(=O)N[C@@H](CCC(=O)O)C(=O)O)C(C)C. The molecule has 9 atom stereocenters. The number of aliphatic hydroxyl groups is 1. The van der Waals surface area contributed by atoms with Gasteiger partial charge < -0.3 is 85.5 Å². The van der Waals surface area contributed by atoms with Gasteiger partial charge in [0.15, 0.2) is 0 Å². The highest BCUT2D eigenvalue weighted by molar-refractivity contribution is 5.98. The van der Waals surface area contributed by atoms with Gasteiger partial charge in [0.2, 0.25) is 65.0 Å². The molecule has 74 heavy (non-hydrogen) atoms. The number of nitrogens with one attached hydrogen (secondary N) is 9. The first-order chi connectivity index (χ1) is 34.3. The van der Waals surface area contributed by atoms with Crippen LogP contribution in [0.5, 0.6) is 0 Å². The van der Waals surface area contributed by atoms with Crippen LogP contribution in [-0.2, 0) is 67.1 Å². The van der Waals surface area contributed by atoms with Crippen molar-refractivity contribution in [1.29, 1.82) is 0 Å². The molecule has 0 aromatic rings. The van der Waals surface area contributed by atoms with Gasteiger partial charge in [-0.15, -0.1) is 0 Å². The van der Waals surface area contributed by atoms with Crippen molar-refractivity contribution in [2.45, 2.75) is 161 Å². The summed E-state index contributed by atoms with van der Waals surface area (Å²) in [6.07, 6.45) is -3.49. The largest absolute Gasteiger partial charge is 0.481 e. The second-order valence-electron chi connectivity index (χ2n) is 18.4. The third kappa shape index (κ3) is 26.3. The predicted molar refractivity (Wildman–Crippen MR) is 257 cm³/mol. The first-order valence-electron chi connectivity index (χ1n) is 23.6. The van der Waals surface area contributed by atoms with E-state index >= 15 is 0 Å². The molecule has 418 valence electrons. The van der Waals surface area contributed by atoms with E-state index in [2.05, 4.69) is 47.9 Å². The zero-order chi connectivity index (χ0) is 57.2. The monoisotopic (exact) mass is 1060 g/mol. The molecule has 30 nitrogen and oxygen atoms in total. The molecule has 0 fully saturated rings. The van der Waals surface area contributed by atoms with Gasteiger partial charge in [0.05, 0.1) is 19.2 Å². The number of carboxylic acids is 3. The maximum Gasteiger partial charge on any atom is 0.326 e. The second kappa shape index (κ2) is 33.3. The molecule has 11 amide bonds. The normalized spacial score (nSPS) is 14.7. The highest BCUT2D eigenvalue weighted by Gasteiger charge is 2.36. The second-order valence-corrected chi connectivity index (χ2v) is 18.4. The van der Waals surface area contributed by atoms with Crippen molar-refractivity contribution in [3.63, 3.8) is 0 Å². The van der Waals surface area contributed by atoms with E-state index < -0.39 is 201 Å². The van der Waals surface area contributed by atoms with Gasteiger partial charge >= 0.3 is 17.9 Å². The van der Waals surface area contributed by atoms with Crippen LogP contribution in [0.3, 0.4) is 0 Å². The number of carbonyl (C=O) groups is 14. The van der Waals surface area contributed by atoms with Gasteiger partial charge in [0.25, 0.3) is 0 Å². The molecule has 0 unspecified atom stereocenters.